The van der Waals surface area contributed by atoms with Crippen LogP contribution in [-0.4, -0.2) is 53.6 Å². The maximum atomic E-state index is 11.5. The number of esters is 2. The Kier molecular flexibility index (Phi) is 3.22. The van der Waals surface area contributed by atoms with E-state index in [4.69, 9.17) is 14.2 Å². The standard InChI is InChI=1S/C10H13NO7/c1-3(12)16-6-5(14)7(17-4(2)13)10-11-9(15)8(6)18-10/h5-8,10,14H,1-2H3,(H,11,15)/t5-,6-,7+,8-,10+/m0/s1. The Morgan fingerprint density at radius 1 is 1.22 bits per heavy atom. The van der Waals surface area contributed by atoms with Crippen LogP contribution in [0, 0.1) is 0 Å². The molecule has 8 heteroatoms. The summed E-state index contributed by atoms with van der Waals surface area (Å²) in [5.74, 6) is -1.81. The van der Waals surface area contributed by atoms with E-state index in [1.54, 1.807) is 0 Å². The molecular formula is C10H13NO7. The molecule has 0 aromatic rings. The van der Waals surface area contributed by atoms with E-state index in [1.807, 2.05) is 0 Å². The van der Waals surface area contributed by atoms with Gasteiger partial charge >= 0.3 is 11.9 Å². The Morgan fingerprint density at radius 3 is 2.33 bits per heavy atom. The number of nitrogens with one attached hydrogen (secondary N) is 1. The molecule has 2 aliphatic heterocycles. The van der Waals surface area contributed by atoms with Gasteiger partial charge in [-0.3, -0.25) is 14.4 Å². The lowest BCUT2D eigenvalue weighted by atomic mass is 10.0. The molecular weight excluding hydrogens is 246 g/mol. The number of aliphatic hydroxyl groups excluding tert-OH is 1. The summed E-state index contributed by atoms with van der Waals surface area (Å²) >= 11 is 0. The number of aliphatic hydroxyl groups is 1. The van der Waals surface area contributed by atoms with Crippen LogP contribution in [0.25, 0.3) is 0 Å². The molecule has 2 aliphatic rings. The zero-order valence-electron chi connectivity index (χ0n) is 9.78. The molecule has 2 bridgehead atoms. The molecule has 2 heterocycles. The fraction of sp³-hybridized carbons (Fsp3) is 0.700. The van der Waals surface area contributed by atoms with Crippen molar-refractivity contribution in [3.05, 3.63) is 0 Å². The Morgan fingerprint density at radius 2 is 1.78 bits per heavy atom. The van der Waals surface area contributed by atoms with E-state index in [1.165, 1.54) is 0 Å². The Hall–Kier alpha value is -1.67. The van der Waals surface area contributed by atoms with Crippen molar-refractivity contribution < 1.29 is 33.7 Å². The van der Waals surface area contributed by atoms with E-state index in [0.29, 0.717) is 0 Å². The molecule has 2 fully saturated rings. The summed E-state index contributed by atoms with van der Waals surface area (Å²) in [6.07, 6.45) is -5.62. The topological polar surface area (TPSA) is 111 Å². The molecule has 100 valence electrons. The highest BCUT2D eigenvalue weighted by atomic mass is 16.6. The fourth-order valence-corrected chi connectivity index (χ4v) is 2.05. The van der Waals surface area contributed by atoms with Crippen LogP contribution in [0.3, 0.4) is 0 Å². The molecule has 2 saturated heterocycles. The quantitative estimate of drug-likeness (QED) is 0.555. The lowest BCUT2D eigenvalue weighted by Crippen LogP contribution is -2.57. The molecule has 2 N–H and O–H groups in total. The minimum atomic E-state index is -1.32. The van der Waals surface area contributed by atoms with Crippen molar-refractivity contribution >= 4 is 17.8 Å². The van der Waals surface area contributed by atoms with Crippen LogP contribution in [-0.2, 0) is 28.6 Å². The van der Waals surface area contributed by atoms with Crippen molar-refractivity contribution in [1.29, 1.82) is 0 Å². The molecule has 0 unspecified atom stereocenters. The Labute approximate surface area is 102 Å². The van der Waals surface area contributed by atoms with Crippen LogP contribution < -0.4 is 5.32 Å². The van der Waals surface area contributed by atoms with E-state index in [9.17, 15) is 19.5 Å². The fourth-order valence-electron chi connectivity index (χ4n) is 2.05. The van der Waals surface area contributed by atoms with Gasteiger partial charge in [0, 0.05) is 13.8 Å². The smallest absolute Gasteiger partial charge is 0.303 e. The lowest BCUT2D eigenvalue weighted by molar-refractivity contribution is -0.221. The van der Waals surface area contributed by atoms with E-state index in [-0.39, 0.29) is 0 Å². The summed E-state index contributed by atoms with van der Waals surface area (Å²) in [4.78, 5) is 33.4. The van der Waals surface area contributed by atoms with E-state index in [2.05, 4.69) is 5.32 Å². The summed E-state index contributed by atoms with van der Waals surface area (Å²) < 4.78 is 15.0. The van der Waals surface area contributed by atoms with Gasteiger partial charge in [-0.05, 0) is 0 Å². The van der Waals surface area contributed by atoms with Gasteiger partial charge in [-0.1, -0.05) is 0 Å². The minimum Gasteiger partial charge on any atom is -0.456 e. The van der Waals surface area contributed by atoms with Crippen LogP contribution in [0.1, 0.15) is 13.8 Å². The average Bonchev–Trinajstić information content (AvgIpc) is 2.59. The zero-order valence-corrected chi connectivity index (χ0v) is 9.78. The van der Waals surface area contributed by atoms with Gasteiger partial charge in [0.1, 0.15) is 6.10 Å². The van der Waals surface area contributed by atoms with Crippen molar-refractivity contribution in [3.8, 4) is 0 Å². The van der Waals surface area contributed by atoms with Crippen molar-refractivity contribution in [1.82, 2.24) is 5.32 Å². The van der Waals surface area contributed by atoms with Crippen molar-refractivity contribution in [3.63, 3.8) is 0 Å². The summed E-state index contributed by atoms with van der Waals surface area (Å²) in [6, 6.07) is 0. The third-order valence-electron chi connectivity index (χ3n) is 2.71. The first-order chi connectivity index (χ1) is 8.40. The SMILES string of the molecule is CC(=O)O[C@@H]1[C@@H](O)[C@H](OC(C)=O)[C@@H]2O[C@H]1NC2=O. The first-order valence-corrected chi connectivity index (χ1v) is 5.38. The normalized spacial score (nSPS) is 37.9. The monoisotopic (exact) mass is 259 g/mol. The molecule has 0 radical (unpaired) electrons. The van der Waals surface area contributed by atoms with Gasteiger partial charge < -0.3 is 24.6 Å². The summed E-state index contributed by atoms with van der Waals surface area (Å²) in [5.41, 5.74) is 0. The van der Waals surface area contributed by atoms with Gasteiger partial charge in [-0.25, -0.2) is 0 Å². The highest BCUT2D eigenvalue weighted by Gasteiger charge is 2.56. The molecule has 1 amide bonds. The summed E-state index contributed by atoms with van der Waals surface area (Å²) in [6.45, 7) is 2.31. The Balaban J connectivity index is 2.21. The molecule has 2 rings (SSSR count). The number of amides is 1. The van der Waals surface area contributed by atoms with E-state index in [0.717, 1.165) is 13.8 Å². The van der Waals surface area contributed by atoms with Crippen LogP contribution in [0.4, 0.5) is 0 Å². The minimum absolute atomic E-state index is 0.514. The van der Waals surface area contributed by atoms with Crippen molar-refractivity contribution in [2.45, 2.75) is 44.5 Å². The number of ether oxygens (including phenoxy) is 3. The van der Waals surface area contributed by atoms with Crippen LogP contribution >= 0.6 is 0 Å². The largest absolute Gasteiger partial charge is 0.456 e. The average molecular weight is 259 g/mol. The van der Waals surface area contributed by atoms with Crippen molar-refractivity contribution in [2.75, 3.05) is 0 Å². The van der Waals surface area contributed by atoms with Gasteiger partial charge in [0.2, 0.25) is 0 Å². The molecule has 8 nitrogen and oxygen atoms in total. The van der Waals surface area contributed by atoms with Crippen molar-refractivity contribution in [2.24, 2.45) is 0 Å². The highest BCUT2D eigenvalue weighted by molar-refractivity contribution is 5.84. The molecule has 0 saturated carbocycles. The lowest BCUT2D eigenvalue weighted by Gasteiger charge is -2.36. The predicted molar refractivity (Wildman–Crippen MR) is 53.9 cm³/mol. The third kappa shape index (κ3) is 2.16. The van der Waals surface area contributed by atoms with Gasteiger partial charge in [-0.15, -0.1) is 0 Å². The molecule has 5 atom stereocenters. The molecule has 18 heavy (non-hydrogen) atoms. The van der Waals surface area contributed by atoms with E-state index < -0.39 is 48.5 Å². The van der Waals surface area contributed by atoms with Crippen LogP contribution in [0.2, 0.25) is 0 Å². The first kappa shape index (κ1) is 12.8. The maximum absolute atomic E-state index is 11.5. The number of carbonyl (C=O) groups is 3. The van der Waals surface area contributed by atoms with Crippen LogP contribution in [0.5, 0.6) is 0 Å². The summed E-state index contributed by atoms with van der Waals surface area (Å²) in [5, 5.41) is 12.4. The molecule has 0 aromatic heterocycles. The van der Waals surface area contributed by atoms with Gasteiger partial charge in [0.05, 0.1) is 0 Å². The predicted octanol–water partition coefficient (Wildman–Crippen LogP) is -1.93. The number of hydrogen-bond donors (Lipinski definition) is 2. The molecule has 0 spiro atoms. The van der Waals surface area contributed by atoms with E-state index >= 15 is 0 Å². The number of rotatable bonds is 2. The van der Waals surface area contributed by atoms with Crippen LogP contribution in [0.15, 0.2) is 0 Å². The summed E-state index contributed by atoms with van der Waals surface area (Å²) in [7, 11) is 0. The number of carbonyl (C=O) groups excluding carboxylic acids is 3. The first-order valence-electron chi connectivity index (χ1n) is 5.38. The van der Waals surface area contributed by atoms with Gasteiger partial charge in [0.15, 0.2) is 24.5 Å². The second-order valence-corrected chi connectivity index (χ2v) is 4.12. The van der Waals surface area contributed by atoms with Gasteiger partial charge in [0.25, 0.3) is 5.91 Å². The number of hydrogen-bond acceptors (Lipinski definition) is 7. The maximum Gasteiger partial charge on any atom is 0.303 e. The van der Waals surface area contributed by atoms with Gasteiger partial charge in [-0.2, -0.15) is 0 Å². The highest BCUT2D eigenvalue weighted by Crippen LogP contribution is 2.29. The molecule has 0 aliphatic carbocycles. The second kappa shape index (κ2) is 4.54. The molecule has 0 aromatic carbocycles. The zero-order chi connectivity index (χ0) is 13.4. The second-order valence-electron chi connectivity index (χ2n) is 4.12. The number of fused-ring (bicyclic) bond motifs is 2. The Bertz CT molecular complexity index is 396. The third-order valence-corrected chi connectivity index (χ3v) is 2.71.